The summed E-state index contributed by atoms with van der Waals surface area (Å²) in [6.45, 7) is 0.321. The van der Waals surface area contributed by atoms with Crippen LogP contribution in [-0.2, 0) is 19.2 Å². The zero-order chi connectivity index (χ0) is 21.8. The van der Waals surface area contributed by atoms with Gasteiger partial charge in [0.05, 0.1) is 0 Å². The molecule has 1 heterocycles. The van der Waals surface area contributed by atoms with E-state index >= 15 is 0 Å². The summed E-state index contributed by atoms with van der Waals surface area (Å²) in [5.74, 6) is -1.16. The van der Waals surface area contributed by atoms with E-state index in [1.165, 1.54) is 0 Å². The molecule has 1 aliphatic carbocycles. The minimum atomic E-state index is -0.946. The first-order valence-electron chi connectivity index (χ1n) is 9.95. The third-order valence-electron chi connectivity index (χ3n) is 5.19. The molecule has 4 rings (SSSR count). The summed E-state index contributed by atoms with van der Waals surface area (Å²) in [7, 11) is 0. The zero-order valence-electron chi connectivity index (χ0n) is 16.6. The van der Waals surface area contributed by atoms with E-state index in [4.69, 9.17) is 4.74 Å². The maximum atomic E-state index is 12.1. The number of nitrogens with one attached hydrogen (secondary N) is 2. The van der Waals surface area contributed by atoms with Gasteiger partial charge < -0.3 is 20.2 Å². The summed E-state index contributed by atoms with van der Waals surface area (Å²) in [5.41, 5.74) is 4.52. The van der Waals surface area contributed by atoms with E-state index in [0.717, 1.165) is 22.3 Å². The van der Waals surface area contributed by atoms with Crippen molar-refractivity contribution in [3.63, 3.8) is 0 Å². The molecule has 1 aliphatic heterocycles. The monoisotopic (exact) mass is 423 g/mol. The fourth-order valence-electron chi connectivity index (χ4n) is 3.75. The number of benzene rings is 2. The highest BCUT2D eigenvalue weighted by Crippen LogP contribution is 2.44. The normalized spacial score (nSPS) is 14.8. The second kappa shape index (κ2) is 8.86. The highest BCUT2D eigenvalue weighted by Gasteiger charge is 2.33. The van der Waals surface area contributed by atoms with E-state index in [1.807, 2.05) is 36.4 Å². The molecule has 0 bridgehead atoms. The van der Waals surface area contributed by atoms with Crippen molar-refractivity contribution in [2.75, 3.05) is 19.7 Å². The number of hydrogen-bond donors (Lipinski definition) is 2. The maximum Gasteiger partial charge on any atom is 0.432 e. The van der Waals surface area contributed by atoms with Crippen molar-refractivity contribution in [2.24, 2.45) is 0 Å². The van der Waals surface area contributed by atoms with Crippen LogP contribution in [0, 0.1) is 0 Å². The number of fused-ring (bicyclic) bond motifs is 3. The molecule has 0 aromatic heterocycles. The Labute approximate surface area is 178 Å². The quantitative estimate of drug-likeness (QED) is 0.544. The Bertz CT molecular complexity index is 976. The molecule has 9 nitrogen and oxygen atoms in total. The van der Waals surface area contributed by atoms with Gasteiger partial charge in [-0.1, -0.05) is 48.5 Å². The van der Waals surface area contributed by atoms with Crippen LogP contribution in [0.4, 0.5) is 9.59 Å². The number of ether oxygens (including phenoxy) is 1. The van der Waals surface area contributed by atoms with E-state index in [1.54, 1.807) is 0 Å². The molecule has 0 atom stereocenters. The Kier molecular flexibility index (Phi) is 5.83. The van der Waals surface area contributed by atoms with Crippen LogP contribution in [0.1, 0.15) is 29.9 Å². The molecule has 0 spiro atoms. The smallest absolute Gasteiger partial charge is 0.432 e. The first kappa shape index (κ1) is 20.4. The van der Waals surface area contributed by atoms with Crippen LogP contribution in [0.15, 0.2) is 48.5 Å². The molecule has 2 N–H and O–H groups in total. The average Bonchev–Trinajstić information content (AvgIpc) is 3.27. The number of imide groups is 1. The van der Waals surface area contributed by atoms with Gasteiger partial charge >= 0.3 is 12.2 Å². The molecule has 9 heteroatoms. The van der Waals surface area contributed by atoms with Gasteiger partial charge in [0.2, 0.25) is 0 Å². The van der Waals surface area contributed by atoms with Crippen molar-refractivity contribution in [3.05, 3.63) is 59.7 Å². The van der Waals surface area contributed by atoms with Crippen LogP contribution in [0.2, 0.25) is 0 Å². The van der Waals surface area contributed by atoms with Gasteiger partial charge in [0.15, 0.2) is 0 Å². The number of amides is 4. The van der Waals surface area contributed by atoms with Crippen LogP contribution in [0.25, 0.3) is 11.1 Å². The lowest BCUT2D eigenvalue weighted by Gasteiger charge is -2.15. The van der Waals surface area contributed by atoms with Gasteiger partial charge in [-0.2, -0.15) is 0 Å². The average molecular weight is 423 g/mol. The van der Waals surface area contributed by atoms with Gasteiger partial charge in [-0.15, -0.1) is 5.06 Å². The number of hydrogen-bond acceptors (Lipinski definition) is 6. The fraction of sp³-hybridized carbons (Fsp3) is 0.273. The Hall–Kier alpha value is -3.88. The number of carbonyl (C=O) groups excluding carboxylic acids is 4. The SMILES string of the molecule is O=C(NCCNC(=O)ON1C(=O)CCC1=O)OCC1c2ccccc2-c2ccccc21. The largest absolute Gasteiger partial charge is 0.449 e. The van der Waals surface area contributed by atoms with Crippen molar-refractivity contribution in [2.45, 2.75) is 18.8 Å². The van der Waals surface area contributed by atoms with E-state index in [9.17, 15) is 19.2 Å². The molecule has 0 unspecified atom stereocenters. The molecule has 4 amide bonds. The second-order valence-electron chi connectivity index (χ2n) is 7.14. The number of hydroxylamine groups is 2. The third kappa shape index (κ3) is 4.35. The lowest BCUT2D eigenvalue weighted by atomic mass is 9.98. The summed E-state index contributed by atoms with van der Waals surface area (Å²) in [5, 5.41) is 5.35. The first-order valence-corrected chi connectivity index (χ1v) is 9.95. The molecular weight excluding hydrogens is 402 g/mol. The van der Waals surface area contributed by atoms with Crippen molar-refractivity contribution in [3.8, 4) is 11.1 Å². The zero-order valence-corrected chi connectivity index (χ0v) is 16.6. The van der Waals surface area contributed by atoms with Crippen molar-refractivity contribution in [1.82, 2.24) is 15.7 Å². The predicted octanol–water partition coefficient (Wildman–Crippen LogP) is 2.32. The summed E-state index contributed by atoms with van der Waals surface area (Å²) in [4.78, 5) is 51.2. The van der Waals surface area contributed by atoms with Gasteiger partial charge in [-0.05, 0) is 22.3 Å². The Balaban J connectivity index is 1.21. The number of carbonyl (C=O) groups is 4. The van der Waals surface area contributed by atoms with E-state index in [-0.39, 0.29) is 38.5 Å². The fourth-order valence-corrected chi connectivity index (χ4v) is 3.75. The van der Waals surface area contributed by atoms with Crippen LogP contribution in [-0.4, -0.2) is 48.8 Å². The maximum absolute atomic E-state index is 12.1. The molecule has 2 aromatic carbocycles. The standard InChI is InChI=1S/C22H21N3O6/c26-19-9-10-20(27)25(19)31-22(29)24-12-11-23-21(28)30-13-18-16-7-3-1-5-14(16)15-6-2-4-8-17(15)18/h1-8,18H,9-13H2,(H,23,28)(H,24,29). The summed E-state index contributed by atoms with van der Waals surface area (Å²) in [6.07, 6.45) is -1.51. The van der Waals surface area contributed by atoms with E-state index in [2.05, 4.69) is 27.6 Å². The molecule has 2 aliphatic rings. The Morgan fingerprint density at radius 1 is 0.839 bits per heavy atom. The molecule has 2 aromatic rings. The second-order valence-corrected chi connectivity index (χ2v) is 7.14. The topological polar surface area (TPSA) is 114 Å². The van der Waals surface area contributed by atoms with Gasteiger partial charge in [0, 0.05) is 31.8 Å². The summed E-state index contributed by atoms with van der Waals surface area (Å²) in [6, 6.07) is 16.1. The van der Waals surface area contributed by atoms with Crippen LogP contribution >= 0.6 is 0 Å². The van der Waals surface area contributed by atoms with Crippen LogP contribution in [0.3, 0.4) is 0 Å². The Morgan fingerprint density at radius 2 is 1.35 bits per heavy atom. The van der Waals surface area contributed by atoms with Gasteiger partial charge in [0.25, 0.3) is 11.8 Å². The van der Waals surface area contributed by atoms with Gasteiger partial charge in [-0.25, -0.2) is 9.59 Å². The van der Waals surface area contributed by atoms with Crippen LogP contribution < -0.4 is 10.6 Å². The number of rotatable bonds is 6. The molecule has 31 heavy (non-hydrogen) atoms. The first-order chi connectivity index (χ1) is 15.0. The molecule has 1 saturated heterocycles. The molecule has 160 valence electrons. The summed E-state index contributed by atoms with van der Waals surface area (Å²) >= 11 is 0. The number of nitrogens with zero attached hydrogens (tertiary/aromatic N) is 1. The predicted molar refractivity (Wildman–Crippen MR) is 109 cm³/mol. The minimum absolute atomic E-state index is 0.0233. The highest BCUT2D eigenvalue weighted by molar-refractivity contribution is 6.01. The Morgan fingerprint density at radius 3 is 1.94 bits per heavy atom. The number of alkyl carbamates (subject to hydrolysis) is 1. The third-order valence-corrected chi connectivity index (χ3v) is 5.19. The van der Waals surface area contributed by atoms with Crippen LogP contribution in [0.5, 0.6) is 0 Å². The van der Waals surface area contributed by atoms with E-state index < -0.39 is 24.0 Å². The lowest BCUT2D eigenvalue weighted by Crippen LogP contribution is -2.40. The van der Waals surface area contributed by atoms with Crippen molar-refractivity contribution < 1.29 is 28.8 Å². The van der Waals surface area contributed by atoms with E-state index in [0.29, 0.717) is 5.06 Å². The summed E-state index contributed by atoms with van der Waals surface area (Å²) < 4.78 is 5.39. The molecule has 0 radical (unpaired) electrons. The molecule has 1 fully saturated rings. The van der Waals surface area contributed by atoms with Gasteiger partial charge in [-0.3, -0.25) is 9.59 Å². The highest BCUT2D eigenvalue weighted by atomic mass is 16.7. The van der Waals surface area contributed by atoms with Crippen molar-refractivity contribution in [1.29, 1.82) is 0 Å². The molecular formula is C22H21N3O6. The minimum Gasteiger partial charge on any atom is -0.449 e. The lowest BCUT2D eigenvalue weighted by molar-refractivity contribution is -0.171. The van der Waals surface area contributed by atoms with Crippen molar-refractivity contribution >= 4 is 24.0 Å². The van der Waals surface area contributed by atoms with Gasteiger partial charge in [0.1, 0.15) is 6.61 Å². The molecule has 0 saturated carbocycles.